The Morgan fingerprint density at radius 2 is 1.96 bits per heavy atom. The minimum atomic E-state index is -4.69. The molecular weight excluding hydrogens is 367 g/mol. The first-order valence-electron chi connectivity index (χ1n) is 7.71. The predicted octanol–water partition coefficient (Wildman–Crippen LogP) is 4.48. The molecule has 0 N–H and O–H groups in total. The van der Waals surface area contributed by atoms with E-state index in [1.165, 1.54) is 12.1 Å². The Hall–Kier alpha value is -2.68. The molecule has 0 spiro atoms. The monoisotopic (exact) mass is 381 g/mol. The fraction of sp³-hybridized carbons (Fsp3) is 0.235. The molecule has 1 aromatic carbocycles. The molecule has 0 aliphatic rings. The van der Waals surface area contributed by atoms with Gasteiger partial charge in [0.25, 0.3) is 5.91 Å². The van der Waals surface area contributed by atoms with Gasteiger partial charge in [-0.2, -0.15) is 18.2 Å². The lowest BCUT2D eigenvalue weighted by Gasteiger charge is -2.20. The molecule has 5 nitrogen and oxygen atoms in total. The van der Waals surface area contributed by atoms with Gasteiger partial charge in [-0.3, -0.25) is 4.79 Å². The third kappa shape index (κ3) is 3.93. The average Bonchev–Trinajstić information content (AvgIpc) is 3.30. The lowest BCUT2D eigenvalue weighted by atomic mass is 10.1. The third-order valence-corrected chi connectivity index (χ3v) is 4.52. The highest BCUT2D eigenvalue weighted by atomic mass is 32.1. The number of thiophene rings is 1. The Bertz CT molecular complexity index is 874. The van der Waals surface area contributed by atoms with Crippen LogP contribution in [0.1, 0.15) is 28.0 Å². The van der Waals surface area contributed by atoms with E-state index in [0.717, 1.165) is 4.88 Å². The van der Waals surface area contributed by atoms with Crippen LogP contribution in [0.5, 0.6) is 0 Å². The van der Waals surface area contributed by atoms with E-state index in [2.05, 4.69) is 14.7 Å². The summed E-state index contributed by atoms with van der Waals surface area (Å²) < 4.78 is 41.8. The van der Waals surface area contributed by atoms with Crippen LogP contribution in [0.2, 0.25) is 0 Å². The van der Waals surface area contributed by atoms with Crippen LogP contribution in [0, 0.1) is 0 Å². The average molecular weight is 381 g/mol. The normalized spacial score (nSPS) is 11.5. The number of nitrogens with zero attached hydrogens (tertiary/aromatic N) is 3. The van der Waals surface area contributed by atoms with E-state index in [4.69, 9.17) is 0 Å². The lowest BCUT2D eigenvalue weighted by molar-refractivity contribution is -0.159. The van der Waals surface area contributed by atoms with E-state index < -0.39 is 12.1 Å². The molecule has 0 atom stereocenters. The summed E-state index contributed by atoms with van der Waals surface area (Å²) in [5, 5.41) is 5.28. The SMILES string of the molecule is CCN(Cc1cccs1)C(=O)c1ccc(-c2noc(C(F)(F)F)n2)cc1. The molecule has 0 saturated heterocycles. The van der Waals surface area contributed by atoms with Gasteiger partial charge < -0.3 is 9.42 Å². The molecule has 0 bridgehead atoms. The van der Waals surface area contributed by atoms with Crippen LogP contribution in [0.15, 0.2) is 46.3 Å². The van der Waals surface area contributed by atoms with Gasteiger partial charge in [-0.1, -0.05) is 23.4 Å². The molecular formula is C17H14F3N3O2S. The summed E-state index contributed by atoms with van der Waals surface area (Å²) in [5.74, 6) is -1.74. The Morgan fingerprint density at radius 3 is 2.50 bits per heavy atom. The number of aromatic nitrogens is 2. The smallest absolute Gasteiger partial charge is 0.334 e. The number of carbonyl (C=O) groups is 1. The standard InChI is InChI=1S/C17H14F3N3O2S/c1-2-23(10-13-4-3-9-26-13)15(24)12-7-5-11(6-8-12)14-21-16(25-22-14)17(18,19)20/h3-9H,2,10H2,1H3. The van der Waals surface area contributed by atoms with Crippen molar-refractivity contribution in [1.82, 2.24) is 15.0 Å². The maximum Gasteiger partial charge on any atom is 0.471 e. The summed E-state index contributed by atoms with van der Waals surface area (Å²) >= 11 is 1.57. The van der Waals surface area contributed by atoms with Crippen molar-refractivity contribution in [3.63, 3.8) is 0 Å². The highest BCUT2D eigenvalue weighted by molar-refractivity contribution is 7.09. The second-order valence-electron chi connectivity index (χ2n) is 5.40. The zero-order chi connectivity index (χ0) is 18.7. The van der Waals surface area contributed by atoms with Crippen LogP contribution >= 0.6 is 11.3 Å². The van der Waals surface area contributed by atoms with Crippen molar-refractivity contribution in [3.05, 3.63) is 58.1 Å². The van der Waals surface area contributed by atoms with E-state index >= 15 is 0 Å². The fourth-order valence-corrected chi connectivity index (χ4v) is 3.04. The molecule has 2 aromatic heterocycles. The van der Waals surface area contributed by atoms with Gasteiger partial charge >= 0.3 is 12.1 Å². The first-order chi connectivity index (χ1) is 12.4. The van der Waals surface area contributed by atoms with Gasteiger partial charge in [-0.05, 0) is 30.5 Å². The van der Waals surface area contributed by atoms with Gasteiger partial charge in [-0.25, -0.2) is 0 Å². The van der Waals surface area contributed by atoms with Gasteiger partial charge in [0.1, 0.15) is 0 Å². The van der Waals surface area contributed by atoms with E-state index in [9.17, 15) is 18.0 Å². The summed E-state index contributed by atoms with van der Waals surface area (Å²) in [6, 6.07) is 9.95. The summed E-state index contributed by atoms with van der Waals surface area (Å²) in [6.45, 7) is 2.94. The Morgan fingerprint density at radius 1 is 1.23 bits per heavy atom. The molecule has 9 heteroatoms. The minimum absolute atomic E-state index is 0.156. The van der Waals surface area contributed by atoms with Gasteiger partial charge in [0, 0.05) is 22.5 Å². The van der Waals surface area contributed by atoms with Crippen molar-refractivity contribution in [1.29, 1.82) is 0 Å². The number of amides is 1. The van der Waals surface area contributed by atoms with Crippen molar-refractivity contribution in [2.45, 2.75) is 19.6 Å². The van der Waals surface area contributed by atoms with E-state index in [0.29, 0.717) is 24.2 Å². The van der Waals surface area contributed by atoms with Crippen LogP contribution in [-0.4, -0.2) is 27.5 Å². The number of halogens is 3. The molecule has 2 heterocycles. The lowest BCUT2D eigenvalue weighted by Crippen LogP contribution is -2.29. The third-order valence-electron chi connectivity index (χ3n) is 3.65. The molecule has 0 aliphatic carbocycles. The first-order valence-corrected chi connectivity index (χ1v) is 8.59. The number of carbonyl (C=O) groups excluding carboxylic acids is 1. The van der Waals surface area contributed by atoms with Gasteiger partial charge in [0.05, 0.1) is 6.54 Å². The van der Waals surface area contributed by atoms with Crippen molar-refractivity contribution in [2.24, 2.45) is 0 Å². The second-order valence-corrected chi connectivity index (χ2v) is 6.43. The molecule has 3 aromatic rings. The van der Waals surface area contributed by atoms with E-state index in [1.54, 1.807) is 28.4 Å². The van der Waals surface area contributed by atoms with Crippen LogP contribution in [0.3, 0.4) is 0 Å². The van der Waals surface area contributed by atoms with Crippen molar-refractivity contribution >= 4 is 17.2 Å². The summed E-state index contributed by atoms with van der Waals surface area (Å²) in [5.41, 5.74) is 0.772. The number of alkyl halides is 3. The van der Waals surface area contributed by atoms with Crippen molar-refractivity contribution in [3.8, 4) is 11.4 Å². The van der Waals surface area contributed by atoms with Gasteiger partial charge in [-0.15, -0.1) is 11.3 Å². The quantitative estimate of drug-likeness (QED) is 0.654. The highest BCUT2D eigenvalue weighted by Gasteiger charge is 2.38. The molecule has 26 heavy (non-hydrogen) atoms. The van der Waals surface area contributed by atoms with Crippen LogP contribution in [0.25, 0.3) is 11.4 Å². The summed E-state index contributed by atoms with van der Waals surface area (Å²) in [6.07, 6.45) is -4.69. The number of rotatable bonds is 5. The maximum atomic E-state index is 12.6. The van der Waals surface area contributed by atoms with E-state index in [-0.39, 0.29) is 11.7 Å². The molecule has 0 fully saturated rings. The van der Waals surface area contributed by atoms with Crippen LogP contribution < -0.4 is 0 Å². The first kappa shape index (κ1) is 18.1. The summed E-state index contributed by atoms with van der Waals surface area (Å²) in [7, 11) is 0. The van der Waals surface area contributed by atoms with Crippen LogP contribution in [-0.2, 0) is 12.7 Å². The Labute approximate surface area is 151 Å². The topological polar surface area (TPSA) is 59.2 Å². The van der Waals surface area contributed by atoms with E-state index in [1.807, 2.05) is 24.4 Å². The Balaban J connectivity index is 1.76. The zero-order valence-electron chi connectivity index (χ0n) is 13.7. The minimum Gasteiger partial charge on any atom is -0.334 e. The number of hydrogen-bond acceptors (Lipinski definition) is 5. The largest absolute Gasteiger partial charge is 0.471 e. The van der Waals surface area contributed by atoms with Crippen LogP contribution in [0.4, 0.5) is 13.2 Å². The molecule has 1 amide bonds. The molecule has 136 valence electrons. The van der Waals surface area contributed by atoms with Crippen molar-refractivity contribution < 1.29 is 22.5 Å². The predicted molar refractivity (Wildman–Crippen MR) is 89.5 cm³/mol. The summed E-state index contributed by atoms with van der Waals surface area (Å²) in [4.78, 5) is 18.7. The number of hydrogen-bond donors (Lipinski definition) is 0. The van der Waals surface area contributed by atoms with Gasteiger partial charge in [0.15, 0.2) is 0 Å². The molecule has 0 saturated carbocycles. The fourth-order valence-electron chi connectivity index (χ4n) is 2.32. The van der Waals surface area contributed by atoms with Gasteiger partial charge in [0.2, 0.25) is 5.82 Å². The molecule has 0 radical (unpaired) electrons. The Kier molecular flexibility index (Phi) is 5.08. The zero-order valence-corrected chi connectivity index (χ0v) is 14.5. The molecule has 3 rings (SSSR count). The molecule has 0 unspecified atom stereocenters. The maximum absolute atomic E-state index is 12.6. The molecule has 0 aliphatic heterocycles. The number of benzene rings is 1. The highest BCUT2D eigenvalue weighted by Crippen LogP contribution is 2.29. The van der Waals surface area contributed by atoms with Crippen molar-refractivity contribution in [2.75, 3.05) is 6.54 Å². The second kappa shape index (κ2) is 7.28.